The summed E-state index contributed by atoms with van der Waals surface area (Å²) in [5.41, 5.74) is 2.89. The zero-order valence-corrected chi connectivity index (χ0v) is 24.3. The van der Waals surface area contributed by atoms with Gasteiger partial charge in [0.25, 0.3) is 5.69 Å². The SMILES string of the molecule is COC(=O)C1=C(C)NC(C)=C(C(=O)OCC2(CN(C)Cc3ccccc3)CCCCC2)C1c1cccc([N+](=O)[O-])c1. The molecule has 0 amide bonds. The predicted molar refractivity (Wildman–Crippen MR) is 156 cm³/mol. The molecule has 41 heavy (non-hydrogen) atoms. The van der Waals surface area contributed by atoms with Crippen molar-refractivity contribution in [1.82, 2.24) is 10.2 Å². The zero-order chi connectivity index (χ0) is 29.6. The maximum absolute atomic E-state index is 13.9. The molecule has 2 aromatic rings. The zero-order valence-electron chi connectivity index (χ0n) is 24.3. The second-order valence-corrected chi connectivity index (χ2v) is 11.3. The summed E-state index contributed by atoms with van der Waals surface area (Å²) in [4.78, 5) is 40.2. The Hall–Kier alpha value is -3.98. The van der Waals surface area contributed by atoms with E-state index in [1.807, 2.05) is 18.2 Å². The van der Waals surface area contributed by atoms with E-state index in [0.717, 1.165) is 45.2 Å². The van der Waals surface area contributed by atoms with Gasteiger partial charge in [-0.2, -0.15) is 0 Å². The number of nitro benzene ring substituents is 1. The Labute approximate surface area is 241 Å². The summed E-state index contributed by atoms with van der Waals surface area (Å²) >= 11 is 0. The largest absolute Gasteiger partial charge is 0.466 e. The fraction of sp³-hybridized carbons (Fsp3) is 0.438. The number of rotatable bonds is 10. The van der Waals surface area contributed by atoms with Gasteiger partial charge < -0.3 is 19.7 Å². The van der Waals surface area contributed by atoms with Gasteiger partial charge in [0.2, 0.25) is 0 Å². The maximum Gasteiger partial charge on any atom is 0.336 e. The highest BCUT2D eigenvalue weighted by atomic mass is 16.6. The molecular formula is C32H39N3O6. The fourth-order valence-electron chi connectivity index (χ4n) is 6.27. The van der Waals surface area contributed by atoms with Gasteiger partial charge >= 0.3 is 11.9 Å². The molecule has 1 aliphatic carbocycles. The number of ether oxygens (including phenoxy) is 2. The van der Waals surface area contributed by atoms with E-state index in [9.17, 15) is 19.7 Å². The van der Waals surface area contributed by atoms with Crippen LogP contribution in [0.1, 0.15) is 63.0 Å². The van der Waals surface area contributed by atoms with Crippen molar-refractivity contribution in [3.05, 3.63) is 98.4 Å². The van der Waals surface area contributed by atoms with Crippen molar-refractivity contribution in [2.45, 2.75) is 58.4 Å². The van der Waals surface area contributed by atoms with Crippen LogP contribution in [0.3, 0.4) is 0 Å². The number of nitrogens with one attached hydrogen (secondary N) is 1. The lowest BCUT2D eigenvalue weighted by atomic mass is 9.74. The molecule has 1 heterocycles. The van der Waals surface area contributed by atoms with Gasteiger partial charge in [-0.1, -0.05) is 61.7 Å². The molecule has 1 saturated carbocycles. The molecule has 0 radical (unpaired) electrons. The number of hydrogen-bond donors (Lipinski definition) is 1. The van der Waals surface area contributed by atoms with Crippen LogP contribution in [0.5, 0.6) is 0 Å². The summed E-state index contributed by atoms with van der Waals surface area (Å²) in [5.74, 6) is -2.04. The molecule has 0 spiro atoms. The molecule has 1 atom stereocenters. The number of non-ortho nitro benzene ring substituents is 1. The molecule has 2 aromatic carbocycles. The van der Waals surface area contributed by atoms with Crippen molar-refractivity contribution in [3.63, 3.8) is 0 Å². The number of nitro groups is 1. The van der Waals surface area contributed by atoms with Gasteiger partial charge in [-0.25, -0.2) is 9.59 Å². The molecular weight excluding hydrogens is 522 g/mol. The summed E-state index contributed by atoms with van der Waals surface area (Å²) in [7, 11) is 3.37. The van der Waals surface area contributed by atoms with Crippen LogP contribution in [-0.2, 0) is 25.6 Å². The number of allylic oxidation sites excluding steroid dienone is 2. The van der Waals surface area contributed by atoms with E-state index in [2.05, 4.69) is 29.4 Å². The van der Waals surface area contributed by atoms with Crippen LogP contribution in [0, 0.1) is 15.5 Å². The molecule has 1 unspecified atom stereocenters. The number of nitrogens with zero attached hydrogens (tertiary/aromatic N) is 2. The Bertz CT molecular complexity index is 1340. The number of dihydropyridines is 1. The average molecular weight is 562 g/mol. The Morgan fingerprint density at radius 2 is 1.66 bits per heavy atom. The molecule has 1 aliphatic heterocycles. The smallest absolute Gasteiger partial charge is 0.336 e. The van der Waals surface area contributed by atoms with Gasteiger partial charge in [0.05, 0.1) is 35.7 Å². The van der Waals surface area contributed by atoms with E-state index in [0.29, 0.717) is 17.0 Å². The van der Waals surface area contributed by atoms with E-state index in [4.69, 9.17) is 9.47 Å². The molecule has 9 nitrogen and oxygen atoms in total. The Morgan fingerprint density at radius 1 is 1.00 bits per heavy atom. The van der Waals surface area contributed by atoms with Gasteiger partial charge in [-0.05, 0) is 44.9 Å². The first-order valence-electron chi connectivity index (χ1n) is 14.0. The normalized spacial score (nSPS) is 18.6. The molecule has 4 rings (SSSR count). The van der Waals surface area contributed by atoms with Crippen molar-refractivity contribution >= 4 is 17.6 Å². The Kier molecular flexibility index (Phi) is 9.60. The van der Waals surface area contributed by atoms with Gasteiger partial charge in [0.1, 0.15) is 0 Å². The van der Waals surface area contributed by atoms with Crippen LogP contribution in [0.2, 0.25) is 0 Å². The number of hydrogen-bond acceptors (Lipinski definition) is 8. The molecule has 1 fully saturated rings. The second-order valence-electron chi connectivity index (χ2n) is 11.3. The van der Waals surface area contributed by atoms with Crippen LogP contribution >= 0.6 is 0 Å². The third-order valence-corrected chi connectivity index (χ3v) is 8.12. The minimum Gasteiger partial charge on any atom is -0.466 e. The quantitative estimate of drug-likeness (QED) is 0.226. The minimum atomic E-state index is -0.876. The highest BCUT2D eigenvalue weighted by Crippen LogP contribution is 2.42. The molecule has 0 bridgehead atoms. The molecule has 2 aliphatic rings. The standard InChI is InChI=1S/C32H39N3O6/c1-22-27(30(36)40-4)29(25-14-11-15-26(18-25)35(38)39)28(23(2)33-22)31(37)41-21-32(16-9-6-10-17-32)20-34(3)19-24-12-7-5-8-13-24/h5,7-8,11-15,18,29,33H,6,9-10,16-17,19-21H2,1-4H3. The van der Waals surface area contributed by atoms with E-state index >= 15 is 0 Å². The molecule has 9 heteroatoms. The third-order valence-electron chi connectivity index (χ3n) is 8.12. The minimum absolute atomic E-state index is 0.129. The van der Waals surface area contributed by atoms with Crippen molar-refractivity contribution in [3.8, 4) is 0 Å². The number of methoxy groups -OCH3 is 1. The first kappa shape index (κ1) is 30.0. The van der Waals surface area contributed by atoms with Crippen LogP contribution in [0.25, 0.3) is 0 Å². The topological polar surface area (TPSA) is 111 Å². The lowest BCUT2D eigenvalue weighted by Gasteiger charge is -2.40. The van der Waals surface area contributed by atoms with Crippen molar-refractivity contribution in [2.24, 2.45) is 5.41 Å². The van der Waals surface area contributed by atoms with E-state index in [-0.39, 0.29) is 28.9 Å². The lowest BCUT2D eigenvalue weighted by Crippen LogP contribution is -2.41. The number of esters is 2. The first-order chi connectivity index (χ1) is 19.6. The van der Waals surface area contributed by atoms with Crippen molar-refractivity contribution < 1.29 is 24.0 Å². The van der Waals surface area contributed by atoms with Gasteiger partial charge in [-0.15, -0.1) is 0 Å². The highest BCUT2D eigenvalue weighted by molar-refractivity contribution is 5.99. The van der Waals surface area contributed by atoms with Crippen LogP contribution in [0.15, 0.2) is 77.1 Å². The molecule has 0 aromatic heterocycles. The molecule has 0 saturated heterocycles. The van der Waals surface area contributed by atoms with Crippen molar-refractivity contribution in [2.75, 3.05) is 27.3 Å². The van der Waals surface area contributed by atoms with Gasteiger partial charge in [0, 0.05) is 42.0 Å². The summed E-state index contributed by atoms with van der Waals surface area (Å²) in [6.07, 6.45) is 5.22. The summed E-state index contributed by atoms with van der Waals surface area (Å²) in [6, 6.07) is 16.3. The lowest BCUT2D eigenvalue weighted by molar-refractivity contribution is -0.384. The Balaban J connectivity index is 1.61. The van der Waals surface area contributed by atoms with Crippen molar-refractivity contribution in [1.29, 1.82) is 0 Å². The summed E-state index contributed by atoms with van der Waals surface area (Å²) in [6.45, 7) is 5.31. The first-order valence-corrected chi connectivity index (χ1v) is 14.0. The number of carbonyl (C=O) groups excluding carboxylic acids is 2. The van der Waals surface area contributed by atoms with E-state index in [1.165, 1.54) is 24.8 Å². The third kappa shape index (κ3) is 7.03. The van der Waals surface area contributed by atoms with Gasteiger partial charge in [-0.3, -0.25) is 10.1 Å². The van der Waals surface area contributed by atoms with Crippen LogP contribution in [-0.4, -0.2) is 49.1 Å². The van der Waals surface area contributed by atoms with Crippen LogP contribution in [0.4, 0.5) is 5.69 Å². The number of carbonyl (C=O) groups is 2. The maximum atomic E-state index is 13.9. The van der Waals surface area contributed by atoms with E-state index < -0.39 is 22.8 Å². The van der Waals surface area contributed by atoms with E-state index in [1.54, 1.807) is 26.0 Å². The molecule has 218 valence electrons. The van der Waals surface area contributed by atoms with Gasteiger partial charge in [0.15, 0.2) is 0 Å². The second kappa shape index (κ2) is 13.1. The summed E-state index contributed by atoms with van der Waals surface area (Å²) in [5, 5.41) is 14.7. The fourth-order valence-corrected chi connectivity index (χ4v) is 6.27. The number of benzene rings is 2. The van der Waals surface area contributed by atoms with Crippen LogP contribution < -0.4 is 5.32 Å². The Morgan fingerprint density at radius 3 is 2.29 bits per heavy atom. The highest BCUT2D eigenvalue weighted by Gasteiger charge is 2.40. The monoisotopic (exact) mass is 561 g/mol. The molecule has 1 N–H and O–H groups in total. The average Bonchev–Trinajstić information content (AvgIpc) is 2.96. The predicted octanol–water partition coefficient (Wildman–Crippen LogP) is 5.63. The summed E-state index contributed by atoms with van der Waals surface area (Å²) < 4.78 is 11.2.